The zero-order valence-corrected chi connectivity index (χ0v) is 14.2. The number of carbonyl (C=O) groups is 1. The fourth-order valence-electron chi connectivity index (χ4n) is 2.52. The fraction of sp³-hybridized carbons (Fsp3) is 0.263. The topological polar surface area (TPSA) is 69.2 Å². The molecule has 6 nitrogen and oxygen atoms in total. The minimum atomic E-state index is -0.602. The second-order valence-electron chi connectivity index (χ2n) is 5.63. The summed E-state index contributed by atoms with van der Waals surface area (Å²) < 4.78 is 10.3. The van der Waals surface area contributed by atoms with Gasteiger partial charge in [-0.05, 0) is 47.5 Å². The molecule has 0 saturated heterocycles. The molecular weight excluding hydrogens is 320 g/mol. The molecule has 3 rings (SSSR count). The van der Waals surface area contributed by atoms with Crippen molar-refractivity contribution in [2.45, 2.75) is 19.1 Å². The molecule has 0 bridgehead atoms. The molecule has 1 amide bonds. The first-order valence-corrected chi connectivity index (χ1v) is 7.97. The standard InChI is InChI=1S/C19H20N2O4/c1-23-15-7-3-13(4-8-15)12-20-19(22)18-11-17(21-25-18)14-5-9-16(24-2)10-6-14/h3-10,18H,11-12H2,1-2H3,(H,20,22)/t18-/m1/s1. The Morgan fingerprint density at radius 2 is 1.68 bits per heavy atom. The Kier molecular flexibility index (Phi) is 5.18. The lowest BCUT2D eigenvalue weighted by Crippen LogP contribution is -2.34. The Labute approximate surface area is 146 Å². The molecule has 2 aromatic carbocycles. The van der Waals surface area contributed by atoms with Gasteiger partial charge in [-0.2, -0.15) is 0 Å². The lowest BCUT2D eigenvalue weighted by atomic mass is 10.0. The molecule has 0 aliphatic carbocycles. The van der Waals surface area contributed by atoms with Crippen LogP contribution < -0.4 is 14.8 Å². The second kappa shape index (κ2) is 7.70. The molecule has 0 unspecified atom stereocenters. The van der Waals surface area contributed by atoms with Crippen LogP contribution in [0.5, 0.6) is 11.5 Å². The van der Waals surface area contributed by atoms with Crippen molar-refractivity contribution in [2.75, 3.05) is 14.2 Å². The summed E-state index contributed by atoms with van der Waals surface area (Å²) in [5.74, 6) is 1.38. The minimum absolute atomic E-state index is 0.178. The lowest BCUT2D eigenvalue weighted by molar-refractivity contribution is -0.131. The SMILES string of the molecule is COc1ccc(CNC(=O)[C@H]2CC(c3ccc(OC)cc3)=NO2)cc1. The van der Waals surface area contributed by atoms with Crippen molar-refractivity contribution in [3.63, 3.8) is 0 Å². The highest BCUT2D eigenvalue weighted by Gasteiger charge is 2.28. The monoisotopic (exact) mass is 340 g/mol. The van der Waals surface area contributed by atoms with Crippen molar-refractivity contribution in [1.82, 2.24) is 5.32 Å². The Morgan fingerprint density at radius 1 is 1.08 bits per heavy atom. The van der Waals surface area contributed by atoms with Crippen LogP contribution in [0.2, 0.25) is 0 Å². The van der Waals surface area contributed by atoms with Gasteiger partial charge in [0, 0.05) is 13.0 Å². The van der Waals surface area contributed by atoms with Crippen molar-refractivity contribution >= 4 is 11.6 Å². The van der Waals surface area contributed by atoms with E-state index in [1.54, 1.807) is 14.2 Å². The van der Waals surface area contributed by atoms with E-state index < -0.39 is 6.10 Å². The summed E-state index contributed by atoms with van der Waals surface area (Å²) in [5.41, 5.74) is 2.67. The van der Waals surface area contributed by atoms with Gasteiger partial charge < -0.3 is 19.6 Å². The zero-order valence-electron chi connectivity index (χ0n) is 14.2. The predicted octanol–water partition coefficient (Wildman–Crippen LogP) is 2.51. The number of ether oxygens (including phenoxy) is 2. The maximum atomic E-state index is 12.3. The molecule has 0 radical (unpaired) electrons. The third-order valence-electron chi connectivity index (χ3n) is 4.01. The summed E-state index contributed by atoms with van der Waals surface area (Å²) in [6.07, 6.45) is -0.156. The van der Waals surface area contributed by atoms with Crippen LogP contribution in [-0.2, 0) is 16.2 Å². The first kappa shape index (κ1) is 16.8. The summed E-state index contributed by atoms with van der Waals surface area (Å²) >= 11 is 0. The molecular formula is C19H20N2O4. The van der Waals surface area contributed by atoms with Crippen LogP contribution >= 0.6 is 0 Å². The number of benzene rings is 2. The van der Waals surface area contributed by atoms with Gasteiger partial charge in [-0.1, -0.05) is 17.3 Å². The number of methoxy groups -OCH3 is 2. The van der Waals surface area contributed by atoms with E-state index >= 15 is 0 Å². The minimum Gasteiger partial charge on any atom is -0.497 e. The zero-order chi connectivity index (χ0) is 17.6. The van der Waals surface area contributed by atoms with Crippen LogP contribution in [0, 0.1) is 0 Å². The number of carbonyl (C=O) groups excluding carboxylic acids is 1. The van der Waals surface area contributed by atoms with Gasteiger partial charge in [-0.3, -0.25) is 4.79 Å². The maximum absolute atomic E-state index is 12.3. The smallest absolute Gasteiger partial charge is 0.264 e. The number of nitrogens with one attached hydrogen (secondary N) is 1. The van der Waals surface area contributed by atoms with Crippen molar-refractivity contribution in [3.8, 4) is 11.5 Å². The number of hydrogen-bond acceptors (Lipinski definition) is 5. The summed E-state index contributed by atoms with van der Waals surface area (Å²) in [4.78, 5) is 17.6. The number of rotatable bonds is 6. The molecule has 130 valence electrons. The lowest BCUT2D eigenvalue weighted by Gasteiger charge is -2.10. The molecule has 0 spiro atoms. The molecule has 2 aromatic rings. The van der Waals surface area contributed by atoms with E-state index in [0.29, 0.717) is 13.0 Å². The van der Waals surface area contributed by atoms with Gasteiger partial charge in [-0.15, -0.1) is 0 Å². The van der Waals surface area contributed by atoms with E-state index in [0.717, 1.165) is 28.3 Å². The first-order chi connectivity index (χ1) is 12.2. The van der Waals surface area contributed by atoms with Crippen LogP contribution in [0.3, 0.4) is 0 Å². The highest BCUT2D eigenvalue weighted by molar-refractivity contribution is 6.04. The van der Waals surface area contributed by atoms with Gasteiger partial charge >= 0.3 is 0 Å². The van der Waals surface area contributed by atoms with E-state index in [1.165, 1.54) is 0 Å². The average molecular weight is 340 g/mol. The van der Waals surface area contributed by atoms with Crippen molar-refractivity contribution < 1.29 is 19.1 Å². The van der Waals surface area contributed by atoms with E-state index in [9.17, 15) is 4.79 Å². The van der Waals surface area contributed by atoms with Crippen molar-refractivity contribution in [2.24, 2.45) is 5.16 Å². The van der Waals surface area contributed by atoms with Crippen molar-refractivity contribution in [3.05, 3.63) is 59.7 Å². The fourth-order valence-corrected chi connectivity index (χ4v) is 2.52. The molecule has 0 aromatic heterocycles. The molecule has 1 heterocycles. The number of oxime groups is 1. The molecule has 0 fully saturated rings. The Hall–Kier alpha value is -3.02. The van der Waals surface area contributed by atoms with E-state index in [1.807, 2.05) is 48.5 Å². The number of nitrogens with zero attached hydrogens (tertiary/aromatic N) is 1. The highest BCUT2D eigenvalue weighted by Crippen LogP contribution is 2.19. The third-order valence-corrected chi connectivity index (χ3v) is 4.01. The van der Waals surface area contributed by atoms with Crippen LogP contribution in [0.4, 0.5) is 0 Å². The third kappa shape index (κ3) is 4.09. The predicted molar refractivity (Wildman–Crippen MR) is 93.9 cm³/mol. The molecule has 25 heavy (non-hydrogen) atoms. The van der Waals surface area contributed by atoms with Gasteiger partial charge in [0.2, 0.25) is 6.10 Å². The van der Waals surface area contributed by atoms with Gasteiger partial charge in [0.05, 0.1) is 19.9 Å². The van der Waals surface area contributed by atoms with E-state index in [-0.39, 0.29) is 5.91 Å². The van der Waals surface area contributed by atoms with E-state index in [2.05, 4.69) is 10.5 Å². The Morgan fingerprint density at radius 3 is 2.28 bits per heavy atom. The largest absolute Gasteiger partial charge is 0.497 e. The molecule has 0 saturated carbocycles. The second-order valence-corrected chi connectivity index (χ2v) is 5.63. The van der Waals surface area contributed by atoms with Crippen LogP contribution in [0.1, 0.15) is 17.5 Å². The van der Waals surface area contributed by atoms with Crippen LogP contribution in [0.25, 0.3) is 0 Å². The van der Waals surface area contributed by atoms with Crippen molar-refractivity contribution in [1.29, 1.82) is 0 Å². The summed E-state index contributed by atoms with van der Waals surface area (Å²) in [5, 5.41) is 6.91. The summed E-state index contributed by atoms with van der Waals surface area (Å²) in [6, 6.07) is 15.1. The molecule has 6 heteroatoms. The van der Waals surface area contributed by atoms with Gasteiger partial charge in [0.15, 0.2) is 0 Å². The summed E-state index contributed by atoms with van der Waals surface area (Å²) in [6.45, 7) is 0.431. The number of amides is 1. The maximum Gasteiger partial charge on any atom is 0.264 e. The molecule has 1 aliphatic heterocycles. The first-order valence-electron chi connectivity index (χ1n) is 7.97. The molecule has 1 N–H and O–H groups in total. The Bertz CT molecular complexity index is 754. The van der Waals surface area contributed by atoms with Gasteiger partial charge in [0.25, 0.3) is 5.91 Å². The normalized spacial score (nSPS) is 15.9. The van der Waals surface area contributed by atoms with Gasteiger partial charge in [-0.25, -0.2) is 0 Å². The molecule has 1 aliphatic rings. The quantitative estimate of drug-likeness (QED) is 0.877. The van der Waals surface area contributed by atoms with E-state index in [4.69, 9.17) is 14.3 Å². The number of hydrogen-bond donors (Lipinski definition) is 1. The molecule has 1 atom stereocenters. The van der Waals surface area contributed by atoms with Crippen LogP contribution in [-0.4, -0.2) is 31.9 Å². The summed E-state index contributed by atoms with van der Waals surface area (Å²) in [7, 11) is 3.24. The Balaban J connectivity index is 1.52. The highest BCUT2D eigenvalue weighted by atomic mass is 16.6. The average Bonchev–Trinajstić information content (AvgIpc) is 3.17. The van der Waals surface area contributed by atoms with Gasteiger partial charge in [0.1, 0.15) is 11.5 Å². The van der Waals surface area contributed by atoms with Crippen LogP contribution in [0.15, 0.2) is 53.7 Å².